The molecule has 2 N–H and O–H groups in total. The van der Waals surface area contributed by atoms with Crippen molar-refractivity contribution in [1.82, 2.24) is 5.06 Å². The van der Waals surface area contributed by atoms with Crippen molar-refractivity contribution in [2.75, 3.05) is 20.3 Å². The van der Waals surface area contributed by atoms with E-state index in [-0.39, 0.29) is 13.2 Å². The van der Waals surface area contributed by atoms with Gasteiger partial charge in [-0.05, 0) is 6.92 Å². The fraction of sp³-hybridized carbons (Fsp3) is 0.667. The number of carbonyl (C=O) groups is 3. The van der Waals surface area contributed by atoms with Crippen molar-refractivity contribution >= 4 is 17.8 Å². The standard InChI is InChI=1S/C9H13NO7/c1-5-6(11)10(17-4-3-16-2)9(5,7(12)13)8(14)15/h5H,3-4H2,1-2H3,(H,12,13)(H,14,15). The summed E-state index contributed by atoms with van der Waals surface area (Å²) in [5.74, 6) is -5.10. The van der Waals surface area contributed by atoms with Crippen LogP contribution in [0.25, 0.3) is 0 Å². The number of nitrogens with zero attached hydrogens (tertiary/aromatic N) is 1. The molecule has 0 spiro atoms. The van der Waals surface area contributed by atoms with Gasteiger partial charge in [0, 0.05) is 7.11 Å². The highest BCUT2D eigenvalue weighted by Crippen LogP contribution is 2.38. The summed E-state index contributed by atoms with van der Waals surface area (Å²) in [7, 11) is 1.39. The maximum Gasteiger partial charge on any atom is 0.344 e. The third-order valence-corrected chi connectivity index (χ3v) is 2.68. The molecule has 0 aliphatic carbocycles. The van der Waals surface area contributed by atoms with Crippen LogP contribution in [0.15, 0.2) is 0 Å². The first-order chi connectivity index (χ1) is 7.90. The predicted molar refractivity (Wildman–Crippen MR) is 51.8 cm³/mol. The quantitative estimate of drug-likeness (QED) is 0.349. The monoisotopic (exact) mass is 247 g/mol. The van der Waals surface area contributed by atoms with Crippen molar-refractivity contribution in [1.29, 1.82) is 0 Å². The fourth-order valence-electron chi connectivity index (χ4n) is 1.65. The Labute approximate surface area is 96.7 Å². The van der Waals surface area contributed by atoms with Crippen LogP contribution in [0.3, 0.4) is 0 Å². The summed E-state index contributed by atoms with van der Waals surface area (Å²) >= 11 is 0. The van der Waals surface area contributed by atoms with Gasteiger partial charge in [0.05, 0.1) is 19.1 Å². The molecule has 8 nitrogen and oxygen atoms in total. The number of carboxylic acids is 2. The Bertz CT molecular complexity index is 339. The van der Waals surface area contributed by atoms with Gasteiger partial charge in [-0.25, -0.2) is 9.59 Å². The Kier molecular flexibility index (Phi) is 3.69. The molecule has 0 bridgehead atoms. The fourth-order valence-corrected chi connectivity index (χ4v) is 1.65. The van der Waals surface area contributed by atoms with Crippen molar-refractivity contribution in [3.8, 4) is 0 Å². The number of carbonyl (C=O) groups excluding carboxylic acids is 1. The minimum atomic E-state index is -2.34. The summed E-state index contributed by atoms with van der Waals surface area (Å²) in [5.41, 5.74) is -2.34. The number of rotatable bonds is 6. The zero-order valence-corrected chi connectivity index (χ0v) is 9.37. The number of β-lactam (4-membered cyclic amide) rings is 1. The molecule has 96 valence electrons. The summed E-state index contributed by atoms with van der Waals surface area (Å²) in [5, 5.41) is 18.4. The van der Waals surface area contributed by atoms with Crippen molar-refractivity contribution < 1.29 is 34.2 Å². The van der Waals surface area contributed by atoms with E-state index in [1.165, 1.54) is 14.0 Å². The number of ether oxygens (including phenoxy) is 1. The second kappa shape index (κ2) is 4.68. The molecule has 8 heteroatoms. The second-order valence-corrected chi connectivity index (χ2v) is 3.56. The molecule has 0 aromatic carbocycles. The van der Waals surface area contributed by atoms with Crippen LogP contribution >= 0.6 is 0 Å². The van der Waals surface area contributed by atoms with Crippen LogP contribution < -0.4 is 0 Å². The van der Waals surface area contributed by atoms with Gasteiger partial charge in [0.1, 0.15) is 0 Å². The van der Waals surface area contributed by atoms with Crippen LogP contribution in [-0.4, -0.2) is 59.0 Å². The maximum atomic E-state index is 11.4. The van der Waals surface area contributed by atoms with E-state index in [0.29, 0.717) is 5.06 Å². The van der Waals surface area contributed by atoms with E-state index < -0.39 is 29.3 Å². The van der Waals surface area contributed by atoms with Gasteiger partial charge in [0.25, 0.3) is 11.4 Å². The highest BCUT2D eigenvalue weighted by molar-refractivity contribution is 6.14. The maximum absolute atomic E-state index is 11.4. The largest absolute Gasteiger partial charge is 0.479 e. The molecule has 1 rings (SSSR count). The summed E-state index contributed by atoms with van der Waals surface area (Å²) < 4.78 is 4.65. The Morgan fingerprint density at radius 2 is 1.88 bits per heavy atom. The Hall–Kier alpha value is -1.67. The molecule has 17 heavy (non-hydrogen) atoms. The third-order valence-electron chi connectivity index (χ3n) is 2.68. The van der Waals surface area contributed by atoms with Gasteiger partial charge in [0.15, 0.2) is 0 Å². The first kappa shape index (κ1) is 13.4. The van der Waals surface area contributed by atoms with Gasteiger partial charge in [-0.2, -0.15) is 5.06 Å². The van der Waals surface area contributed by atoms with Gasteiger partial charge in [-0.3, -0.25) is 9.63 Å². The van der Waals surface area contributed by atoms with Crippen LogP contribution in [0.1, 0.15) is 6.92 Å². The Morgan fingerprint density at radius 3 is 2.29 bits per heavy atom. The van der Waals surface area contributed by atoms with E-state index in [2.05, 4.69) is 4.74 Å². The van der Waals surface area contributed by atoms with Crippen LogP contribution in [0.2, 0.25) is 0 Å². The van der Waals surface area contributed by atoms with Gasteiger partial charge in [-0.15, -0.1) is 0 Å². The van der Waals surface area contributed by atoms with Crippen LogP contribution in [-0.2, 0) is 24.0 Å². The van der Waals surface area contributed by atoms with Crippen molar-refractivity contribution in [2.45, 2.75) is 12.5 Å². The zero-order valence-electron chi connectivity index (χ0n) is 9.37. The summed E-state index contributed by atoms with van der Waals surface area (Å²) in [6.45, 7) is 1.26. The van der Waals surface area contributed by atoms with E-state index in [1.807, 2.05) is 0 Å². The lowest BCUT2D eigenvalue weighted by Gasteiger charge is -2.48. The lowest BCUT2D eigenvalue weighted by Crippen LogP contribution is -2.77. The number of hydrogen-bond acceptors (Lipinski definition) is 5. The normalized spacial score (nSPS) is 22.1. The smallest absolute Gasteiger partial charge is 0.344 e. The second-order valence-electron chi connectivity index (χ2n) is 3.56. The van der Waals surface area contributed by atoms with Crippen LogP contribution in [0.5, 0.6) is 0 Å². The molecule has 1 aliphatic heterocycles. The van der Waals surface area contributed by atoms with E-state index in [4.69, 9.17) is 15.1 Å². The lowest BCUT2D eigenvalue weighted by molar-refractivity contribution is -0.274. The molecule has 0 aromatic heterocycles. The zero-order chi connectivity index (χ0) is 13.2. The molecule has 1 amide bonds. The lowest BCUT2D eigenvalue weighted by atomic mass is 9.76. The molecular formula is C9H13NO7. The molecule has 0 saturated carbocycles. The van der Waals surface area contributed by atoms with E-state index in [9.17, 15) is 14.4 Å². The number of methoxy groups -OCH3 is 1. The minimum absolute atomic E-state index is 0.0999. The van der Waals surface area contributed by atoms with Gasteiger partial charge in [0.2, 0.25) is 0 Å². The average molecular weight is 247 g/mol. The van der Waals surface area contributed by atoms with Crippen molar-refractivity contribution in [3.05, 3.63) is 0 Å². The molecule has 1 aliphatic rings. The molecular weight excluding hydrogens is 234 g/mol. The minimum Gasteiger partial charge on any atom is -0.479 e. The predicted octanol–water partition coefficient (Wildman–Crippen LogP) is -1.05. The summed E-state index contributed by atoms with van der Waals surface area (Å²) in [6.07, 6.45) is 0. The van der Waals surface area contributed by atoms with Gasteiger partial charge >= 0.3 is 11.9 Å². The number of amides is 1. The first-order valence-electron chi connectivity index (χ1n) is 4.83. The number of carboxylic acid groups (broad SMARTS) is 2. The van der Waals surface area contributed by atoms with Crippen LogP contribution in [0.4, 0.5) is 0 Å². The SMILES string of the molecule is COCCON1C(=O)C(C)C1(C(=O)O)C(=O)O. The Balaban J connectivity index is 2.90. The number of hydrogen-bond donors (Lipinski definition) is 2. The first-order valence-corrected chi connectivity index (χ1v) is 4.83. The van der Waals surface area contributed by atoms with Gasteiger partial charge in [-0.1, -0.05) is 0 Å². The molecule has 1 fully saturated rings. The van der Waals surface area contributed by atoms with E-state index >= 15 is 0 Å². The highest BCUT2D eigenvalue weighted by atomic mass is 16.7. The number of hydroxylamine groups is 2. The molecule has 0 radical (unpaired) electrons. The van der Waals surface area contributed by atoms with Crippen molar-refractivity contribution in [3.63, 3.8) is 0 Å². The number of aliphatic carboxylic acids is 2. The summed E-state index contributed by atoms with van der Waals surface area (Å²) in [6, 6.07) is 0. The molecule has 1 unspecified atom stereocenters. The van der Waals surface area contributed by atoms with Gasteiger partial charge < -0.3 is 14.9 Å². The van der Waals surface area contributed by atoms with E-state index in [0.717, 1.165) is 0 Å². The van der Waals surface area contributed by atoms with E-state index in [1.54, 1.807) is 0 Å². The Morgan fingerprint density at radius 1 is 1.35 bits per heavy atom. The van der Waals surface area contributed by atoms with Crippen LogP contribution in [0, 0.1) is 5.92 Å². The molecule has 1 heterocycles. The molecule has 1 atom stereocenters. The third kappa shape index (κ3) is 1.75. The molecule has 0 aromatic rings. The highest BCUT2D eigenvalue weighted by Gasteiger charge is 2.70. The topological polar surface area (TPSA) is 113 Å². The average Bonchev–Trinajstić information content (AvgIpc) is 2.26. The molecule has 1 saturated heterocycles. The summed E-state index contributed by atoms with van der Waals surface area (Å²) in [4.78, 5) is 38.4. The van der Waals surface area contributed by atoms with Crippen molar-refractivity contribution in [2.24, 2.45) is 5.92 Å².